The van der Waals surface area contributed by atoms with Gasteiger partial charge < -0.3 is 15.4 Å². The summed E-state index contributed by atoms with van der Waals surface area (Å²) in [5.41, 5.74) is 5.58. The Kier molecular flexibility index (Phi) is 3.62. The van der Waals surface area contributed by atoms with Crippen molar-refractivity contribution in [2.75, 3.05) is 25.9 Å². The molecule has 1 unspecified atom stereocenters. The van der Waals surface area contributed by atoms with Gasteiger partial charge in [0.05, 0.1) is 6.61 Å². The average Bonchev–Trinajstić information content (AvgIpc) is 2.65. The summed E-state index contributed by atoms with van der Waals surface area (Å²) in [6, 6.07) is 4.28. The highest BCUT2D eigenvalue weighted by Crippen LogP contribution is 2.18. The number of nitrogen functional groups attached to an aromatic ring is 1. The van der Waals surface area contributed by atoms with Crippen molar-refractivity contribution in [3.05, 3.63) is 18.3 Å². The van der Waals surface area contributed by atoms with E-state index in [1.165, 1.54) is 19.4 Å². The predicted octanol–water partition coefficient (Wildman–Crippen LogP) is 1.53. The number of aromatic nitrogens is 1. The average molecular weight is 221 g/mol. The van der Waals surface area contributed by atoms with Crippen molar-refractivity contribution in [3.8, 4) is 5.75 Å². The fraction of sp³-hybridized carbons (Fsp3) is 0.583. The van der Waals surface area contributed by atoms with Crippen molar-refractivity contribution >= 4 is 5.82 Å². The van der Waals surface area contributed by atoms with Crippen LogP contribution in [0.15, 0.2) is 18.3 Å². The topological polar surface area (TPSA) is 51.4 Å². The van der Waals surface area contributed by atoms with Crippen LogP contribution in [0.3, 0.4) is 0 Å². The molecule has 16 heavy (non-hydrogen) atoms. The molecule has 0 aliphatic carbocycles. The smallest absolute Gasteiger partial charge is 0.126 e. The molecule has 88 valence electrons. The van der Waals surface area contributed by atoms with Gasteiger partial charge in [-0.05, 0) is 38.9 Å². The standard InChI is InChI=1S/C12H19N3O/c1-15-7-2-3-10(15)5-8-16-11-4-6-14-12(13)9-11/h4,6,9-10H,2-3,5,7-8H2,1H3,(H2,13,14). The quantitative estimate of drug-likeness (QED) is 0.837. The highest BCUT2D eigenvalue weighted by Gasteiger charge is 2.20. The molecule has 1 aromatic rings. The van der Waals surface area contributed by atoms with Gasteiger partial charge in [-0.15, -0.1) is 0 Å². The number of hydrogen-bond donors (Lipinski definition) is 1. The first-order valence-corrected chi connectivity index (χ1v) is 5.80. The molecule has 0 amide bonds. The third-order valence-electron chi connectivity index (χ3n) is 3.14. The van der Waals surface area contributed by atoms with E-state index in [1.807, 2.05) is 6.07 Å². The lowest BCUT2D eigenvalue weighted by Crippen LogP contribution is -2.26. The van der Waals surface area contributed by atoms with E-state index in [9.17, 15) is 0 Å². The first-order chi connectivity index (χ1) is 7.75. The second-order valence-corrected chi connectivity index (χ2v) is 4.33. The molecule has 0 spiro atoms. The predicted molar refractivity (Wildman–Crippen MR) is 64.4 cm³/mol. The first-order valence-electron chi connectivity index (χ1n) is 5.80. The van der Waals surface area contributed by atoms with Gasteiger partial charge in [0, 0.05) is 18.3 Å². The summed E-state index contributed by atoms with van der Waals surface area (Å²) in [6.07, 6.45) is 5.35. The van der Waals surface area contributed by atoms with Crippen LogP contribution in [-0.4, -0.2) is 36.1 Å². The molecule has 1 aromatic heterocycles. The van der Waals surface area contributed by atoms with Crippen LogP contribution in [0.1, 0.15) is 19.3 Å². The van der Waals surface area contributed by atoms with Crippen LogP contribution in [0.2, 0.25) is 0 Å². The molecule has 0 radical (unpaired) electrons. The molecule has 2 rings (SSSR count). The number of nitrogens with two attached hydrogens (primary N) is 1. The Hall–Kier alpha value is -1.29. The van der Waals surface area contributed by atoms with Crippen molar-refractivity contribution in [2.24, 2.45) is 0 Å². The molecular weight excluding hydrogens is 202 g/mol. The van der Waals surface area contributed by atoms with Gasteiger partial charge in [-0.2, -0.15) is 0 Å². The van der Waals surface area contributed by atoms with Crippen LogP contribution < -0.4 is 10.5 Å². The highest BCUT2D eigenvalue weighted by atomic mass is 16.5. The molecular formula is C12H19N3O. The van der Waals surface area contributed by atoms with Gasteiger partial charge in [0.2, 0.25) is 0 Å². The number of pyridine rings is 1. The molecule has 1 atom stereocenters. The summed E-state index contributed by atoms with van der Waals surface area (Å²) < 4.78 is 5.65. The van der Waals surface area contributed by atoms with Crippen LogP contribution in [0.5, 0.6) is 5.75 Å². The van der Waals surface area contributed by atoms with Crippen molar-refractivity contribution in [1.29, 1.82) is 0 Å². The minimum absolute atomic E-state index is 0.510. The molecule has 0 saturated carbocycles. The number of nitrogens with zero attached hydrogens (tertiary/aromatic N) is 2. The van der Waals surface area contributed by atoms with Crippen LogP contribution in [0.4, 0.5) is 5.82 Å². The molecule has 2 N–H and O–H groups in total. The van der Waals surface area contributed by atoms with Crippen LogP contribution >= 0.6 is 0 Å². The molecule has 0 aromatic carbocycles. The molecule has 1 aliphatic heterocycles. The Labute approximate surface area is 96.4 Å². The number of ether oxygens (including phenoxy) is 1. The zero-order chi connectivity index (χ0) is 11.4. The van der Waals surface area contributed by atoms with Gasteiger partial charge in [0.25, 0.3) is 0 Å². The Balaban J connectivity index is 1.75. The minimum Gasteiger partial charge on any atom is -0.493 e. The van der Waals surface area contributed by atoms with Crippen LogP contribution in [0.25, 0.3) is 0 Å². The van der Waals surface area contributed by atoms with Gasteiger partial charge in [0.15, 0.2) is 0 Å². The summed E-state index contributed by atoms with van der Waals surface area (Å²) in [5, 5.41) is 0. The summed E-state index contributed by atoms with van der Waals surface area (Å²) in [6.45, 7) is 1.96. The fourth-order valence-corrected chi connectivity index (χ4v) is 2.17. The number of likely N-dealkylation sites (tertiary alicyclic amines) is 1. The van der Waals surface area contributed by atoms with E-state index in [0.717, 1.165) is 18.8 Å². The van der Waals surface area contributed by atoms with Crippen LogP contribution in [-0.2, 0) is 0 Å². The third-order valence-corrected chi connectivity index (χ3v) is 3.14. The van der Waals surface area contributed by atoms with E-state index in [0.29, 0.717) is 11.9 Å². The number of hydrogen-bond acceptors (Lipinski definition) is 4. The SMILES string of the molecule is CN1CCCC1CCOc1ccnc(N)c1. The number of anilines is 1. The molecule has 1 aliphatic rings. The van der Waals surface area contributed by atoms with E-state index in [-0.39, 0.29) is 0 Å². The Morgan fingerprint density at radius 2 is 2.50 bits per heavy atom. The molecule has 4 heteroatoms. The van der Waals surface area contributed by atoms with Crippen molar-refractivity contribution in [3.63, 3.8) is 0 Å². The number of rotatable bonds is 4. The van der Waals surface area contributed by atoms with Gasteiger partial charge in [0.1, 0.15) is 11.6 Å². The van der Waals surface area contributed by atoms with E-state index in [1.54, 1.807) is 12.3 Å². The largest absolute Gasteiger partial charge is 0.493 e. The minimum atomic E-state index is 0.510. The first kappa shape index (κ1) is 11.2. The summed E-state index contributed by atoms with van der Waals surface area (Å²) in [4.78, 5) is 6.33. The monoisotopic (exact) mass is 221 g/mol. The van der Waals surface area contributed by atoms with Gasteiger partial charge in [-0.3, -0.25) is 0 Å². The summed E-state index contributed by atoms with van der Waals surface area (Å²) >= 11 is 0. The summed E-state index contributed by atoms with van der Waals surface area (Å²) in [7, 11) is 2.18. The molecule has 2 heterocycles. The molecule has 1 saturated heterocycles. The zero-order valence-electron chi connectivity index (χ0n) is 9.72. The zero-order valence-corrected chi connectivity index (χ0v) is 9.72. The Morgan fingerprint density at radius 3 is 3.19 bits per heavy atom. The maximum Gasteiger partial charge on any atom is 0.126 e. The maximum absolute atomic E-state index is 5.65. The van der Waals surface area contributed by atoms with Crippen molar-refractivity contribution in [2.45, 2.75) is 25.3 Å². The second kappa shape index (κ2) is 5.16. The molecule has 4 nitrogen and oxygen atoms in total. The van der Waals surface area contributed by atoms with Crippen molar-refractivity contribution in [1.82, 2.24) is 9.88 Å². The Morgan fingerprint density at radius 1 is 1.62 bits per heavy atom. The van der Waals surface area contributed by atoms with Gasteiger partial charge >= 0.3 is 0 Å². The van der Waals surface area contributed by atoms with E-state index in [2.05, 4.69) is 16.9 Å². The van der Waals surface area contributed by atoms with Gasteiger partial charge in [-0.25, -0.2) is 4.98 Å². The maximum atomic E-state index is 5.65. The Bertz CT molecular complexity index is 343. The van der Waals surface area contributed by atoms with Crippen LogP contribution in [0, 0.1) is 0 Å². The lowest BCUT2D eigenvalue weighted by atomic mass is 10.1. The van der Waals surface area contributed by atoms with E-state index < -0.39 is 0 Å². The molecule has 1 fully saturated rings. The lowest BCUT2D eigenvalue weighted by Gasteiger charge is -2.19. The van der Waals surface area contributed by atoms with Crippen molar-refractivity contribution < 1.29 is 4.74 Å². The lowest BCUT2D eigenvalue weighted by molar-refractivity contribution is 0.233. The highest BCUT2D eigenvalue weighted by molar-refractivity contribution is 5.35. The normalized spacial score (nSPS) is 21.2. The fourth-order valence-electron chi connectivity index (χ4n) is 2.17. The molecule has 0 bridgehead atoms. The van der Waals surface area contributed by atoms with E-state index in [4.69, 9.17) is 10.5 Å². The second-order valence-electron chi connectivity index (χ2n) is 4.33. The third kappa shape index (κ3) is 2.85. The van der Waals surface area contributed by atoms with E-state index >= 15 is 0 Å². The summed E-state index contributed by atoms with van der Waals surface area (Å²) in [5.74, 6) is 1.32. The van der Waals surface area contributed by atoms with Gasteiger partial charge in [-0.1, -0.05) is 0 Å².